The Balaban J connectivity index is 0. The summed E-state index contributed by atoms with van der Waals surface area (Å²) in [6.45, 7) is 0. The van der Waals surface area contributed by atoms with Gasteiger partial charge in [0, 0.05) is 5.39 Å². The van der Waals surface area contributed by atoms with Gasteiger partial charge in [0.25, 0.3) is 0 Å². The fraction of sp³-hybridized carbons (Fsp3) is 0. The van der Waals surface area contributed by atoms with E-state index in [0.29, 0.717) is 10.9 Å². The highest BCUT2D eigenvalue weighted by Gasteiger charge is 1.97. The van der Waals surface area contributed by atoms with Crippen LogP contribution in [0.4, 0.5) is 4.39 Å². The van der Waals surface area contributed by atoms with Crippen LogP contribution >= 0.6 is 37.2 Å². The summed E-state index contributed by atoms with van der Waals surface area (Å²) in [5, 5.41) is 7.91. The van der Waals surface area contributed by atoms with Gasteiger partial charge < -0.3 is 0 Å². The molecule has 2 nitrogen and oxygen atoms in total. The molecule has 0 atom stereocenters. The summed E-state index contributed by atoms with van der Waals surface area (Å²) in [5.41, 5.74) is 0.590. The van der Waals surface area contributed by atoms with Gasteiger partial charge >= 0.3 is 0 Å². The topological polar surface area (TPSA) is 25.8 Å². The Hall–Kier alpha value is -0.640. The summed E-state index contributed by atoms with van der Waals surface area (Å²) < 4.78 is 12.9. The number of aromatic nitrogens is 2. The first-order chi connectivity index (χ1) is 5.38. The normalized spacial score (nSPS) is 8.07. The van der Waals surface area contributed by atoms with E-state index in [2.05, 4.69) is 10.2 Å². The number of nitrogens with zero attached hydrogens (tertiary/aromatic N) is 2. The average molecular weight is 258 g/mol. The molecule has 1 aromatic carbocycles. The van der Waals surface area contributed by atoms with Gasteiger partial charge in [0.2, 0.25) is 0 Å². The zero-order chi connectivity index (χ0) is 7.68. The molecule has 6 heteroatoms. The number of halogens is 4. The molecule has 0 amide bonds. The third kappa shape index (κ3) is 2.94. The maximum Gasteiger partial charge on any atom is 0.132 e. The number of benzene rings is 1. The van der Waals surface area contributed by atoms with E-state index in [-0.39, 0.29) is 43.0 Å². The van der Waals surface area contributed by atoms with Crippen LogP contribution in [0.3, 0.4) is 0 Å². The molecule has 0 fully saturated rings. The first-order valence-corrected chi connectivity index (χ1v) is 3.24. The smallest absolute Gasteiger partial charge is 0.132 e. The molecule has 0 aliphatic heterocycles. The van der Waals surface area contributed by atoms with Crippen molar-refractivity contribution in [2.24, 2.45) is 0 Å². The Morgan fingerprint density at radius 1 is 1.00 bits per heavy atom. The Morgan fingerprint density at radius 3 is 2.36 bits per heavy atom. The molecule has 0 radical (unpaired) electrons. The minimum Gasteiger partial charge on any atom is -0.206 e. The Morgan fingerprint density at radius 2 is 1.71 bits per heavy atom. The summed E-state index contributed by atoms with van der Waals surface area (Å²) in [6.07, 6.45) is 1.48. The van der Waals surface area contributed by atoms with Gasteiger partial charge in [-0.1, -0.05) is 6.07 Å². The minimum atomic E-state index is -0.252. The van der Waals surface area contributed by atoms with E-state index in [1.807, 2.05) is 0 Å². The van der Waals surface area contributed by atoms with Gasteiger partial charge in [-0.2, -0.15) is 10.2 Å². The molecule has 0 aliphatic rings. The largest absolute Gasteiger partial charge is 0.206 e. The second-order valence-electron chi connectivity index (χ2n) is 2.20. The molecule has 0 saturated heterocycles. The van der Waals surface area contributed by atoms with Crippen LogP contribution in [-0.4, -0.2) is 10.2 Å². The van der Waals surface area contributed by atoms with Gasteiger partial charge in [-0.25, -0.2) is 4.39 Å². The number of rotatable bonds is 0. The van der Waals surface area contributed by atoms with E-state index >= 15 is 0 Å². The first kappa shape index (κ1) is 15.8. The third-order valence-corrected chi connectivity index (χ3v) is 1.50. The van der Waals surface area contributed by atoms with Crippen LogP contribution in [0.2, 0.25) is 0 Å². The van der Waals surface area contributed by atoms with Crippen molar-refractivity contribution in [3.05, 3.63) is 36.3 Å². The Kier molecular flexibility index (Phi) is 7.64. The minimum absolute atomic E-state index is 0. The molecule has 0 aliphatic carbocycles. The van der Waals surface area contributed by atoms with Crippen LogP contribution < -0.4 is 0 Å². The summed E-state index contributed by atoms with van der Waals surface area (Å²) in [4.78, 5) is 0. The van der Waals surface area contributed by atoms with Crippen LogP contribution in [0.5, 0.6) is 0 Å². The van der Waals surface area contributed by atoms with Crippen molar-refractivity contribution < 1.29 is 4.39 Å². The van der Waals surface area contributed by atoms with Crippen molar-refractivity contribution in [3.8, 4) is 0 Å². The number of hydrogen-bond acceptors (Lipinski definition) is 2. The van der Waals surface area contributed by atoms with Crippen LogP contribution in [0.1, 0.15) is 0 Å². The van der Waals surface area contributed by atoms with E-state index in [1.54, 1.807) is 18.2 Å². The van der Waals surface area contributed by atoms with Crippen LogP contribution in [-0.2, 0) is 0 Å². The fourth-order valence-electron chi connectivity index (χ4n) is 0.981. The predicted octanol–water partition coefficient (Wildman–Crippen LogP) is 3.03. The molecule has 1 aromatic heterocycles. The molecule has 0 unspecified atom stereocenters. The van der Waals surface area contributed by atoms with Crippen LogP contribution in [0.15, 0.2) is 30.5 Å². The van der Waals surface area contributed by atoms with Crippen molar-refractivity contribution >= 4 is 48.1 Å². The van der Waals surface area contributed by atoms with E-state index in [1.165, 1.54) is 12.3 Å². The van der Waals surface area contributed by atoms with Crippen molar-refractivity contribution in [1.82, 2.24) is 10.2 Å². The molecule has 0 spiro atoms. The lowest BCUT2D eigenvalue weighted by molar-refractivity contribution is 0.639. The van der Waals surface area contributed by atoms with Gasteiger partial charge in [-0.05, 0) is 18.2 Å². The SMILES string of the molecule is Cl.Cl.Cl.Fc1cccc2nnccc12. The summed E-state index contributed by atoms with van der Waals surface area (Å²) in [7, 11) is 0. The highest BCUT2D eigenvalue weighted by atomic mass is 35.5. The second-order valence-corrected chi connectivity index (χ2v) is 2.20. The van der Waals surface area contributed by atoms with Crippen molar-refractivity contribution in [2.45, 2.75) is 0 Å². The van der Waals surface area contributed by atoms with E-state index in [4.69, 9.17) is 0 Å². The predicted molar refractivity (Wildman–Crippen MR) is 61.2 cm³/mol. The van der Waals surface area contributed by atoms with Crippen LogP contribution in [0.25, 0.3) is 10.9 Å². The van der Waals surface area contributed by atoms with Crippen molar-refractivity contribution in [3.63, 3.8) is 0 Å². The summed E-state index contributed by atoms with van der Waals surface area (Å²) >= 11 is 0. The highest BCUT2D eigenvalue weighted by Crippen LogP contribution is 2.12. The van der Waals surface area contributed by atoms with E-state index < -0.39 is 0 Å². The van der Waals surface area contributed by atoms with Crippen LogP contribution in [0, 0.1) is 5.82 Å². The molecule has 0 saturated carbocycles. The monoisotopic (exact) mass is 256 g/mol. The summed E-state index contributed by atoms with van der Waals surface area (Å²) in [5.74, 6) is -0.252. The maximum absolute atomic E-state index is 12.9. The van der Waals surface area contributed by atoms with Gasteiger partial charge in [-0.15, -0.1) is 37.2 Å². The quantitative estimate of drug-likeness (QED) is 0.725. The van der Waals surface area contributed by atoms with E-state index in [9.17, 15) is 4.39 Å². The molecule has 0 bridgehead atoms. The molecular weight excluding hydrogens is 249 g/mol. The second kappa shape index (κ2) is 6.76. The standard InChI is InChI=1S/C8H5FN2.3ClH/c9-7-2-1-3-8-6(7)4-5-10-11-8;;;/h1-5H;3*1H. The molecule has 1 heterocycles. The number of hydrogen-bond donors (Lipinski definition) is 0. The molecule has 78 valence electrons. The van der Waals surface area contributed by atoms with Crippen molar-refractivity contribution in [2.75, 3.05) is 0 Å². The van der Waals surface area contributed by atoms with Gasteiger partial charge in [-0.3, -0.25) is 0 Å². The zero-order valence-corrected chi connectivity index (χ0v) is 9.33. The van der Waals surface area contributed by atoms with Crippen molar-refractivity contribution in [1.29, 1.82) is 0 Å². The average Bonchev–Trinajstić information content (AvgIpc) is 2.06. The van der Waals surface area contributed by atoms with E-state index in [0.717, 1.165) is 0 Å². The maximum atomic E-state index is 12.9. The van der Waals surface area contributed by atoms with Gasteiger partial charge in [0.15, 0.2) is 0 Å². The Labute approximate surface area is 99.1 Å². The zero-order valence-electron chi connectivity index (χ0n) is 6.88. The molecular formula is C8H8Cl3FN2. The lowest BCUT2D eigenvalue weighted by Gasteiger charge is -1.94. The Bertz CT molecular complexity index is 392. The lowest BCUT2D eigenvalue weighted by Crippen LogP contribution is -1.84. The van der Waals surface area contributed by atoms with Gasteiger partial charge in [0.05, 0.1) is 11.7 Å². The highest BCUT2D eigenvalue weighted by molar-refractivity contribution is 5.86. The van der Waals surface area contributed by atoms with Gasteiger partial charge in [0.1, 0.15) is 5.82 Å². The molecule has 2 rings (SSSR count). The third-order valence-electron chi connectivity index (χ3n) is 1.50. The summed E-state index contributed by atoms with van der Waals surface area (Å²) in [6, 6.07) is 6.36. The molecule has 14 heavy (non-hydrogen) atoms. The molecule has 0 N–H and O–H groups in total. The molecule has 2 aromatic rings. The number of fused-ring (bicyclic) bond motifs is 1. The fourth-order valence-corrected chi connectivity index (χ4v) is 0.981. The first-order valence-electron chi connectivity index (χ1n) is 3.24. The lowest BCUT2D eigenvalue weighted by atomic mass is 10.2.